The van der Waals surface area contributed by atoms with Gasteiger partial charge in [0.05, 0.1) is 31.2 Å². The highest BCUT2D eigenvalue weighted by Gasteiger charge is 2.17. The lowest BCUT2D eigenvalue weighted by atomic mass is 10.1. The van der Waals surface area contributed by atoms with E-state index in [1.807, 2.05) is 48.5 Å². The number of benzene rings is 4. The Labute approximate surface area is 269 Å². The van der Waals surface area contributed by atoms with E-state index < -0.39 is 18.5 Å². The molecule has 0 fully saturated rings. The lowest BCUT2D eigenvalue weighted by molar-refractivity contribution is -0.119. The van der Waals surface area contributed by atoms with Crippen LogP contribution < -0.4 is 20.1 Å². The topological polar surface area (TPSA) is 103 Å². The third-order valence-electron chi connectivity index (χ3n) is 6.19. The predicted octanol–water partition coefficient (Wildman–Crippen LogP) is 6.75. The number of ether oxygens (including phenoxy) is 3. The number of carbonyl (C=O) groups is 3. The maximum absolute atomic E-state index is 12.9. The van der Waals surface area contributed by atoms with Gasteiger partial charge in [0.15, 0.2) is 18.1 Å². The van der Waals surface area contributed by atoms with Crippen molar-refractivity contribution < 1.29 is 28.6 Å². The van der Waals surface area contributed by atoms with Crippen LogP contribution in [0.25, 0.3) is 0 Å². The summed E-state index contributed by atoms with van der Waals surface area (Å²) in [7, 11) is 3.16. The zero-order valence-electron chi connectivity index (χ0n) is 24.1. The quantitative estimate of drug-likeness (QED) is 0.114. The van der Waals surface area contributed by atoms with Crippen molar-refractivity contribution in [2.75, 3.05) is 38.4 Å². The van der Waals surface area contributed by atoms with Crippen LogP contribution in [0.15, 0.2) is 106 Å². The molecule has 0 spiro atoms. The Balaban J connectivity index is 1.25. The van der Waals surface area contributed by atoms with E-state index in [0.717, 1.165) is 15.4 Å². The third kappa shape index (κ3) is 9.70. The smallest absolute Gasteiger partial charge is 0.339 e. The second-order valence-electron chi connectivity index (χ2n) is 9.25. The number of nitrogens with one attached hydrogen (secondary N) is 2. The van der Waals surface area contributed by atoms with E-state index in [9.17, 15) is 14.4 Å². The third-order valence-corrected chi connectivity index (χ3v) is 8.60. The van der Waals surface area contributed by atoms with Crippen molar-refractivity contribution in [3.63, 3.8) is 0 Å². The number of para-hydroxylation sites is 1. The number of methoxy groups -OCH3 is 2. The highest BCUT2D eigenvalue weighted by Crippen LogP contribution is 2.34. The van der Waals surface area contributed by atoms with E-state index in [2.05, 4.69) is 10.6 Å². The molecule has 2 amide bonds. The number of esters is 1. The van der Waals surface area contributed by atoms with Gasteiger partial charge in [-0.15, -0.1) is 11.8 Å². The molecule has 0 saturated heterocycles. The summed E-state index contributed by atoms with van der Waals surface area (Å²) in [6.07, 6.45) is 0.617. The fraction of sp³-hybridized carbons (Fsp3) is 0.182. The molecule has 228 valence electrons. The Hall–Kier alpha value is -4.12. The average molecular weight is 651 g/mol. The molecule has 2 N–H and O–H groups in total. The number of hydrogen-bond donors (Lipinski definition) is 2. The zero-order valence-corrected chi connectivity index (χ0v) is 26.5. The van der Waals surface area contributed by atoms with Crippen LogP contribution in [-0.2, 0) is 20.7 Å². The molecule has 0 radical (unpaired) electrons. The van der Waals surface area contributed by atoms with Crippen molar-refractivity contribution in [2.24, 2.45) is 0 Å². The first-order valence-corrected chi connectivity index (χ1v) is 15.7. The van der Waals surface area contributed by atoms with Crippen molar-refractivity contribution in [1.29, 1.82) is 0 Å². The van der Waals surface area contributed by atoms with Crippen molar-refractivity contribution in [3.05, 3.63) is 107 Å². The predicted molar refractivity (Wildman–Crippen MR) is 174 cm³/mol. The van der Waals surface area contributed by atoms with Gasteiger partial charge < -0.3 is 24.8 Å². The summed E-state index contributed by atoms with van der Waals surface area (Å²) >= 11 is 8.68. The molecule has 4 rings (SSSR count). The van der Waals surface area contributed by atoms with Gasteiger partial charge in [-0.25, -0.2) is 4.79 Å². The molecular formula is C33H31ClN2O6S2. The van der Waals surface area contributed by atoms with Gasteiger partial charge in [0.1, 0.15) is 0 Å². The molecule has 0 atom stereocenters. The van der Waals surface area contributed by atoms with E-state index in [1.165, 1.54) is 23.5 Å². The van der Waals surface area contributed by atoms with Crippen LogP contribution in [-0.4, -0.2) is 50.9 Å². The molecule has 4 aromatic carbocycles. The standard InChI is InChI=1S/C33H31ClN2O6S2/c1-40-27-16-11-22(19-28(27)41-2)17-18-35-32(38)21-43-29-9-5-3-7-25(29)33(39)42-20-31(37)36-26-8-4-6-10-30(26)44-24-14-12-23(34)13-15-24/h3-16,19H,17-18,20-21H2,1-2H3,(H,35,38)(H,36,37). The zero-order chi connectivity index (χ0) is 31.3. The maximum atomic E-state index is 12.9. The largest absolute Gasteiger partial charge is 0.493 e. The van der Waals surface area contributed by atoms with Gasteiger partial charge in [-0.3, -0.25) is 9.59 Å². The maximum Gasteiger partial charge on any atom is 0.339 e. The molecule has 0 heterocycles. The highest BCUT2D eigenvalue weighted by atomic mass is 35.5. The first-order valence-electron chi connectivity index (χ1n) is 13.5. The lowest BCUT2D eigenvalue weighted by Gasteiger charge is -2.12. The second-order valence-corrected chi connectivity index (χ2v) is 11.8. The van der Waals surface area contributed by atoms with Gasteiger partial charge in [-0.1, -0.05) is 53.7 Å². The average Bonchev–Trinajstić information content (AvgIpc) is 3.04. The number of amides is 2. The van der Waals surface area contributed by atoms with Crippen LogP contribution in [0.1, 0.15) is 15.9 Å². The second kappa shape index (κ2) is 16.7. The Morgan fingerprint density at radius 1 is 0.795 bits per heavy atom. The minimum atomic E-state index is -0.652. The molecule has 0 aliphatic heterocycles. The van der Waals surface area contributed by atoms with Crippen LogP contribution in [0.5, 0.6) is 11.5 Å². The number of halogens is 1. The van der Waals surface area contributed by atoms with Gasteiger partial charge in [0, 0.05) is 26.3 Å². The molecule has 0 aromatic heterocycles. The summed E-state index contributed by atoms with van der Waals surface area (Å²) in [5, 5.41) is 6.35. The van der Waals surface area contributed by atoms with E-state index in [4.69, 9.17) is 25.8 Å². The molecule has 0 aliphatic rings. The van der Waals surface area contributed by atoms with Crippen LogP contribution in [0.3, 0.4) is 0 Å². The first kappa shape index (κ1) is 32.8. The molecule has 44 heavy (non-hydrogen) atoms. The Kier molecular flexibility index (Phi) is 12.4. The van der Waals surface area contributed by atoms with E-state index in [0.29, 0.717) is 40.1 Å². The summed E-state index contributed by atoms with van der Waals surface area (Å²) in [6, 6.07) is 27.2. The van der Waals surface area contributed by atoms with Crippen molar-refractivity contribution >= 4 is 58.6 Å². The Morgan fingerprint density at radius 3 is 2.25 bits per heavy atom. The minimum Gasteiger partial charge on any atom is -0.493 e. The van der Waals surface area contributed by atoms with Crippen molar-refractivity contribution in [2.45, 2.75) is 21.1 Å². The molecule has 8 nitrogen and oxygen atoms in total. The number of rotatable bonds is 14. The van der Waals surface area contributed by atoms with Gasteiger partial charge >= 0.3 is 5.97 Å². The van der Waals surface area contributed by atoms with E-state index in [1.54, 1.807) is 56.7 Å². The fourth-order valence-corrected chi connectivity index (χ4v) is 5.92. The van der Waals surface area contributed by atoms with Gasteiger partial charge in [0.2, 0.25) is 5.91 Å². The van der Waals surface area contributed by atoms with Crippen LogP contribution in [0.2, 0.25) is 5.02 Å². The van der Waals surface area contributed by atoms with Gasteiger partial charge in [-0.2, -0.15) is 0 Å². The monoisotopic (exact) mass is 650 g/mol. The molecule has 0 aliphatic carbocycles. The van der Waals surface area contributed by atoms with Crippen molar-refractivity contribution in [3.8, 4) is 11.5 Å². The summed E-state index contributed by atoms with van der Waals surface area (Å²) in [5.74, 6) is 0.0873. The van der Waals surface area contributed by atoms with Gasteiger partial charge in [-0.05, 0) is 72.6 Å². The molecule has 0 bridgehead atoms. The number of hydrogen-bond acceptors (Lipinski definition) is 8. The molecule has 0 saturated carbocycles. The van der Waals surface area contributed by atoms with E-state index in [-0.39, 0.29) is 17.2 Å². The lowest BCUT2D eigenvalue weighted by Crippen LogP contribution is -2.27. The normalized spacial score (nSPS) is 10.5. The van der Waals surface area contributed by atoms with Gasteiger partial charge in [0.25, 0.3) is 5.91 Å². The number of thioether (sulfide) groups is 1. The van der Waals surface area contributed by atoms with Crippen LogP contribution in [0, 0.1) is 0 Å². The van der Waals surface area contributed by atoms with E-state index >= 15 is 0 Å². The molecule has 0 unspecified atom stereocenters. The summed E-state index contributed by atoms with van der Waals surface area (Å²) < 4.78 is 15.9. The molecule has 11 heteroatoms. The molecule has 4 aromatic rings. The molecular weight excluding hydrogens is 620 g/mol. The van der Waals surface area contributed by atoms with Crippen molar-refractivity contribution in [1.82, 2.24) is 5.32 Å². The van der Waals surface area contributed by atoms with Crippen LogP contribution >= 0.6 is 35.1 Å². The summed E-state index contributed by atoms with van der Waals surface area (Å²) in [4.78, 5) is 40.4. The summed E-state index contributed by atoms with van der Waals surface area (Å²) in [5.41, 5.74) is 1.88. The number of carbonyl (C=O) groups excluding carboxylic acids is 3. The number of anilines is 1. The highest BCUT2D eigenvalue weighted by molar-refractivity contribution is 8.00. The Bertz CT molecular complexity index is 1600. The SMILES string of the molecule is COc1ccc(CCNC(=O)CSc2ccccc2C(=O)OCC(=O)Nc2ccccc2Sc2ccc(Cl)cc2)cc1OC. The first-order chi connectivity index (χ1) is 21.4. The fourth-order valence-electron chi connectivity index (χ4n) is 4.02. The Morgan fingerprint density at radius 2 is 1.50 bits per heavy atom. The van der Waals surface area contributed by atoms with Crippen LogP contribution in [0.4, 0.5) is 5.69 Å². The minimum absolute atomic E-state index is 0.110. The summed E-state index contributed by atoms with van der Waals surface area (Å²) in [6.45, 7) is -0.0244.